The second-order valence-electron chi connectivity index (χ2n) is 5.44. The summed E-state index contributed by atoms with van der Waals surface area (Å²) in [6.45, 7) is 2.80. The molecule has 2 unspecified atom stereocenters. The Morgan fingerprint density at radius 2 is 1.76 bits per heavy atom. The first-order valence-corrected chi connectivity index (χ1v) is 6.53. The molecule has 0 aromatic heterocycles. The minimum absolute atomic E-state index is 0.106. The van der Waals surface area contributed by atoms with Crippen molar-refractivity contribution in [1.82, 2.24) is 5.32 Å². The molecule has 0 spiro atoms. The second-order valence-corrected chi connectivity index (χ2v) is 5.44. The zero-order valence-electron chi connectivity index (χ0n) is 10.1. The summed E-state index contributed by atoms with van der Waals surface area (Å²) in [6.07, 6.45) is 2.99. The van der Waals surface area contributed by atoms with E-state index in [0.717, 1.165) is 38.9 Å². The van der Waals surface area contributed by atoms with Crippen LogP contribution in [0.15, 0.2) is 0 Å². The van der Waals surface area contributed by atoms with Crippen molar-refractivity contribution in [2.24, 2.45) is 0 Å². The molecule has 0 saturated carbocycles. The van der Waals surface area contributed by atoms with E-state index in [1.165, 1.54) is 0 Å². The van der Waals surface area contributed by atoms with Crippen molar-refractivity contribution < 1.29 is 19.3 Å². The summed E-state index contributed by atoms with van der Waals surface area (Å²) in [5.41, 5.74) is -0.570. The summed E-state index contributed by atoms with van der Waals surface area (Å²) in [5.74, 6) is 0. The van der Waals surface area contributed by atoms with E-state index in [1.807, 2.05) is 0 Å². The van der Waals surface area contributed by atoms with Crippen molar-refractivity contribution in [2.45, 2.75) is 49.7 Å². The lowest BCUT2D eigenvalue weighted by molar-refractivity contribution is -0.102. The van der Waals surface area contributed by atoms with Crippen LogP contribution in [-0.4, -0.2) is 55.5 Å². The molecule has 0 aliphatic carbocycles. The fraction of sp³-hybridized carbons (Fsp3) is 1.00. The fourth-order valence-corrected chi connectivity index (χ4v) is 3.18. The Morgan fingerprint density at radius 3 is 2.41 bits per heavy atom. The van der Waals surface area contributed by atoms with Crippen LogP contribution in [0, 0.1) is 0 Å². The summed E-state index contributed by atoms with van der Waals surface area (Å²) in [4.78, 5) is 0. The number of rotatable bonds is 3. The minimum atomic E-state index is -0.570. The van der Waals surface area contributed by atoms with Gasteiger partial charge in [-0.2, -0.15) is 0 Å². The number of aliphatic hydroxyl groups is 1. The Morgan fingerprint density at radius 1 is 1.12 bits per heavy atom. The van der Waals surface area contributed by atoms with Crippen LogP contribution < -0.4 is 5.32 Å². The standard InChI is InChI=1S/C12H21NO4/c14-12(2-1-11-16-3-4-17-11)5-9-7-15-8-10(6-12)13-9/h9-11,13-14H,1-8H2. The van der Waals surface area contributed by atoms with Gasteiger partial charge in [0.05, 0.1) is 32.0 Å². The largest absolute Gasteiger partial charge is 0.390 e. The molecule has 0 radical (unpaired) electrons. The Kier molecular flexibility index (Phi) is 3.36. The Bertz CT molecular complexity index is 255. The zero-order valence-corrected chi connectivity index (χ0v) is 10.1. The molecule has 3 fully saturated rings. The van der Waals surface area contributed by atoms with Crippen LogP contribution in [0.5, 0.6) is 0 Å². The predicted molar refractivity (Wildman–Crippen MR) is 60.6 cm³/mol. The third kappa shape index (κ3) is 2.80. The smallest absolute Gasteiger partial charge is 0.157 e. The van der Waals surface area contributed by atoms with Gasteiger partial charge in [0.25, 0.3) is 0 Å². The molecule has 0 aromatic carbocycles. The highest BCUT2D eigenvalue weighted by Gasteiger charge is 2.41. The van der Waals surface area contributed by atoms with Gasteiger partial charge in [0.2, 0.25) is 0 Å². The first-order chi connectivity index (χ1) is 8.23. The number of piperidine rings is 1. The zero-order chi connectivity index (χ0) is 11.7. The maximum absolute atomic E-state index is 10.6. The minimum Gasteiger partial charge on any atom is -0.390 e. The van der Waals surface area contributed by atoms with Crippen molar-refractivity contribution >= 4 is 0 Å². The van der Waals surface area contributed by atoms with E-state index in [1.54, 1.807) is 0 Å². The maximum Gasteiger partial charge on any atom is 0.157 e. The monoisotopic (exact) mass is 243 g/mol. The number of hydrogen-bond acceptors (Lipinski definition) is 5. The highest BCUT2D eigenvalue weighted by Crippen LogP contribution is 2.32. The molecule has 0 aromatic rings. The number of morpholine rings is 1. The number of hydrogen-bond donors (Lipinski definition) is 2. The number of nitrogens with one attached hydrogen (secondary N) is 1. The number of fused-ring (bicyclic) bond motifs is 2. The molecular weight excluding hydrogens is 222 g/mol. The van der Waals surface area contributed by atoms with Crippen molar-refractivity contribution in [2.75, 3.05) is 26.4 Å². The van der Waals surface area contributed by atoms with E-state index in [2.05, 4.69) is 5.32 Å². The van der Waals surface area contributed by atoms with Gasteiger partial charge < -0.3 is 24.6 Å². The molecule has 3 saturated heterocycles. The lowest BCUT2D eigenvalue weighted by atomic mass is 9.80. The maximum atomic E-state index is 10.6. The van der Waals surface area contributed by atoms with Crippen molar-refractivity contribution in [3.05, 3.63) is 0 Å². The molecule has 2 bridgehead atoms. The average molecular weight is 243 g/mol. The van der Waals surface area contributed by atoms with Gasteiger partial charge in [-0.3, -0.25) is 0 Å². The summed E-state index contributed by atoms with van der Waals surface area (Å²) >= 11 is 0. The van der Waals surface area contributed by atoms with Gasteiger partial charge in [-0.15, -0.1) is 0 Å². The van der Waals surface area contributed by atoms with E-state index >= 15 is 0 Å². The van der Waals surface area contributed by atoms with Crippen LogP contribution in [0.3, 0.4) is 0 Å². The van der Waals surface area contributed by atoms with Gasteiger partial charge in [-0.25, -0.2) is 0 Å². The molecule has 3 heterocycles. The van der Waals surface area contributed by atoms with Crippen LogP contribution in [-0.2, 0) is 14.2 Å². The SMILES string of the molecule is OC1(CCC2OCCO2)CC2COCC(C1)N2. The van der Waals surface area contributed by atoms with Crippen LogP contribution in [0.4, 0.5) is 0 Å². The van der Waals surface area contributed by atoms with Gasteiger partial charge in [-0.1, -0.05) is 0 Å². The van der Waals surface area contributed by atoms with Crippen molar-refractivity contribution in [3.63, 3.8) is 0 Å². The Labute approximate surface area is 101 Å². The van der Waals surface area contributed by atoms with Gasteiger partial charge in [0.1, 0.15) is 0 Å². The van der Waals surface area contributed by atoms with Gasteiger partial charge in [-0.05, 0) is 19.3 Å². The summed E-state index contributed by atoms with van der Waals surface area (Å²) in [6, 6.07) is 0.607. The molecule has 5 heteroatoms. The fourth-order valence-electron chi connectivity index (χ4n) is 3.18. The first kappa shape index (κ1) is 11.9. The summed E-state index contributed by atoms with van der Waals surface area (Å²) < 4.78 is 16.3. The van der Waals surface area contributed by atoms with Crippen LogP contribution >= 0.6 is 0 Å². The van der Waals surface area contributed by atoms with E-state index in [-0.39, 0.29) is 6.29 Å². The lowest BCUT2D eigenvalue weighted by Crippen LogP contribution is -2.59. The first-order valence-electron chi connectivity index (χ1n) is 6.53. The highest BCUT2D eigenvalue weighted by molar-refractivity contribution is 4.97. The van der Waals surface area contributed by atoms with E-state index in [4.69, 9.17) is 14.2 Å². The van der Waals surface area contributed by atoms with E-state index in [9.17, 15) is 5.11 Å². The summed E-state index contributed by atoms with van der Waals surface area (Å²) in [5, 5.41) is 14.1. The van der Waals surface area contributed by atoms with Crippen LogP contribution in [0.25, 0.3) is 0 Å². The van der Waals surface area contributed by atoms with Crippen molar-refractivity contribution in [1.29, 1.82) is 0 Å². The molecular formula is C12H21NO4. The third-order valence-corrected chi connectivity index (χ3v) is 3.90. The molecule has 17 heavy (non-hydrogen) atoms. The summed E-state index contributed by atoms with van der Waals surface area (Å²) in [7, 11) is 0. The van der Waals surface area contributed by atoms with Crippen LogP contribution in [0.2, 0.25) is 0 Å². The predicted octanol–water partition coefficient (Wildman–Crippen LogP) is 0.0214. The molecule has 2 N–H and O–H groups in total. The Balaban J connectivity index is 1.53. The lowest BCUT2D eigenvalue weighted by Gasteiger charge is -2.45. The average Bonchev–Trinajstić information content (AvgIpc) is 2.78. The molecule has 3 rings (SSSR count). The van der Waals surface area contributed by atoms with Gasteiger partial charge >= 0.3 is 0 Å². The molecule has 98 valence electrons. The number of ether oxygens (including phenoxy) is 3. The van der Waals surface area contributed by atoms with Crippen molar-refractivity contribution in [3.8, 4) is 0 Å². The van der Waals surface area contributed by atoms with Gasteiger partial charge in [0, 0.05) is 18.5 Å². The van der Waals surface area contributed by atoms with Gasteiger partial charge in [0.15, 0.2) is 6.29 Å². The third-order valence-electron chi connectivity index (χ3n) is 3.90. The molecule has 2 atom stereocenters. The second kappa shape index (κ2) is 4.82. The molecule has 3 aliphatic heterocycles. The highest BCUT2D eigenvalue weighted by atomic mass is 16.7. The molecule has 3 aliphatic rings. The topological polar surface area (TPSA) is 60.0 Å². The van der Waals surface area contributed by atoms with E-state index in [0.29, 0.717) is 25.3 Å². The van der Waals surface area contributed by atoms with Crippen LogP contribution in [0.1, 0.15) is 25.7 Å². The molecule has 0 amide bonds. The van der Waals surface area contributed by atoms with E-state index < -0.39 is 5.60 Å². The Hall–Kier alpha value is -0.200. The normalized spacial score (nSPS) is 42.9. The molecule has 5 nitrogen and oxygen atoms in total. The quantitative estimate of drug-likeness (QED) is 0.732.